The van der Waals surface area contributed by atoms with Crippen molar-refractivity contribution in [3.8, 4) is 0 Å². The molecule has 0 aliphatic carbocycles. The van der Waals surface area contributed by atoms with E-state index in [2.05, 4.69) is 10.6 Å². The second-order valence-corrected chi connectivity index (χ2v) is 4.71. The number of benzene rings is 2. The minimum absolute atomic E-state index is 0.0784. The van der Waals surface area contributed by atoms with Crippen molar-refractivity contribution in [2.75, 3.05) is 11.9 Å². The third-order valence-corrected chi connectivity index (χ3v) is 3.05. The van der Waals surface area contributed by atoms with Crippen LogP contribution < -0.4 is 10.6 Å². The summed E-state index contributed by atoms with van der Waals surface area (Å²) in [6.45, 7) is 1.93. The highest BCUT2D eigenvalue weighted by Gasteiger charge is 2.08. The molecule has 0 heterocycles. The summed E-state index contributed by atoms with van der Waals surface area (Å²) < 4.78 is 25.9. The number of hydrogen-bond acceptors (Lipinski definition) is 2. The first kappa shape index (κ1) is 15.1. The van der Waals surface area contributed by atoms with E-state index < -0.39 is 0 Å². The molecular weight excluding hydrogens is 274 g/mol. The second kappa shape index (κ2) is 6.95. The molecule has 110 valence electrons. The van der Waals surface area contributed by atoms with Crippen LogP contribution in [-0.2, 0) is 4.79 Å². The van der Waals surface area contributed by atoms with Gasteiger partial charge in [0.2, 0.25) is 5.91 Å². The highest BCUT2D eigenvalue weighted by atomic mass is 19.1. The second-order valence-electron chi connectivity index (χ2n) is 4.71. The number of nitrogens with one attached hydrogen (secondary N) is 2. The molecule has 0 aliphatic rings. The molecule has 2 aromatic rings. The fourth-order valence-corrected chi connectivity index (χ4v) is 1.88. The lowest BCUT2D eigenvalue weighted by Crippen LogP contribution is -2.30. The Morgan fingerprint density at radius 2 is 1.81 bits per heavy atom. The maximum Gasteiger partial charge on any atom is 0.238 e. The molecule has 0 saturated heterocycles. The fourth-order valence-electron chi connectivity index (χ4n) is 1.88. The summed E-state index contributed by atoms with van der Waals surface area (Å²) in [5, 5.41) is 5.65. The predicted octanol–water partition coefficient (Wildman–Crippen LogP) is 3.25. The molecule has 0 spiro atoms. The zero-order chi connectivity index (χ0) is 15.2. The van der Waals surface area contributed by atoms with Crippen LogP contribution in [0.15, 0.2) is 48.5 Å². The number of halogens is 2. The van der Waals surface area contributed by atoms with Crippen LogP contribution in [0.1, 0.15) is 18.5 Å². The van der Waals surface area contributed by atoms with Gasteiger partial charge in [-0.25, -0.2) is 8.78 Å². The summed E-state index contributed by atoms with van der Waals surface area (Å²) in [6.07, 6.45) is 0. The van der Waals surface area contributed by atoms with Crippen LogP contribution in [-0.4, -0.2) is 12.5 Å². The molecule has 2 aromatic carbocycles. The lowest BCUT2D eigenvalue weighted by molar-refractivity contribution is -0.115. The van der Waals surface area contributed by atoms with Crippen LogP contribution in [0.4, 0.5) is 14.5 Å². The largest absolute Gasteiger partial charge is 0.325 e. The Morgan fingerprint density at radius 3 is 2.48 bits per heavy atom. The average molecular weight is 290 g/mol. The average Bonchev–Trinajstić information content (AvgIpc) is 2.47. The molecule has 1 atom stereocenters. The Labute approximate surface area is 122 Å². The van der Waals surface area contributed by atoms with Crippen LogP contribution in [0.25, 0.3) is 0 Å². The molecule has 0 radical (unpaired) electrons. The Hall–Kier alpha value is -2.27. The summed E-state index contributed by atoms with van der Waals surface area (Å²) in [4.78, 5) is 11.8. The van der Waals surface area contributed by atoms with E-state index in [9.17, 15) is 13.6 Å². The zero-order valence-electron chi connectivity index (χ0n) is 11.6. The van der Waals surface area contributed by atoms with Gasteiger partial charge in [-0.15, -0.1) is 0 Å². The van der Waals surface area contributed by atoms with Crippen molar-refractivity contribution in [1.29, 1.82) is 0 Å². The van der Waals surface area contributed by atoms with E-state index in [0.717, 1.165) is 5.56 Å². The molecule has 21 heavy (non-hydrogen) atoms. The van der Waals surface area contributed by atoms with Gasteiger partial charge in [-0.1, -0.05) is 12.1 Å². The van der Waals surface area contributed by atoms with Gasteiger partial charge in [0.15, 0.2) is 0 Å². The molecular formula is C16H16F2N2O. The van der Waals surface area contributed by atoms with E-state index in [1.807, 2.05) is 6.92 Å². The van der Waals surface area contributed by atoms with Crippen molar-refractivity contribution >= 4 is 11.6 Å². The molecule has 5 heteroatoms. The van der Waals surface area contributed by atoms with Crippen molar-refractivity contribution in [3.05, 3.63) is 65.7 Å². The maximum absolute atomic E-state index is 13.1. The number of rotatable bonds is 5. The van der Waals surface area contributed by atoms with E-state index in [-0.39, 0.29) is 30.1 Å². The highest BCUT2D eigenvalue weighted by molar-refractivity contribution is 5.92. The molecule has 0 aliphatic heterocycles. The van der Waals surface area contributed by atoms with Crippen molar-refractivity contribution in [1.82, 2.24) is 5.32 Å². The quantitative estimate of drug-likeness (QED) is 0.887. The van der Waals surface area contributed by atoms with Gasteiger partial charge in [-0.05, 0) is 48.9 Å². The van der Waals surface area contributed by atoms with E-state index in [0.29, 0.717) is 5.69 Å². The number of hydrogen-bond donors (Lipinski definition) is 2. The predicted molar refractivity (Wildman–Crippen MR) is 77.8 cm³/mol. The van der Waals surface area contributed by atoms with Gasteiger partial charge in [0.1, 0.15) is 11.6 Å². The van der Waals surface area contributed by atoms with Gasteiger partial charge < -0.3 is 10.6 Å². The molecule has 2 N–H and O–H groups in total. The van der Waals surface area contributed by atoms with Crippen molar-refractivity contribution in [3.63, 3.8) is 0 Å². The molecule has 0 fully saturated rings. The van der Waals surface area contributed by atoms with Crippen LogP contribution in [0.3, 0.4) is 0 Å². The topological polar surface area (TPSA) is 41.1 Å². The van der Waals surface area contributed by atoms with Gasteiger partial charge in [0, 0.05) is 11.7 Å². The van der Waals surface area contributed by atoms with E-state index >= 15 is 0 Å². The Balaban J connectivity index is 1.84. The summed E-state index contributed by atoms with van der Waals surface area (Å²) in [5.74, 6) is -0.910. The summed E-state index contributed by atoms with van der Waals surface area (Å²) in [6, 6.07) is 11.6. The Kier molecular flexibility index (Phi) is 5.00. The lowest BCUT2D eigenvalue weighted by Gasteiger charge is -2.14. The van der Waals surface area contributed by atoms with Gasteiger partial charge in [-0.3, -0.25) is 4.79 Å². The molecule has 1 amide bonds. The highest BCUT2D eigenvalue weighted by Crippen LogP contribution is 2.13. The molecule has 1 unspecified atom stereocenters. The minimum atomic E-state index is -0.356. The standard InChI is InChI=1S/C16H16F2N2O/c1-11(12-3-2-4-14(18)9-12)19-10-16(21)20-15-7-5-13(17)6-8-15/h2-9,11,19H,10H2,1H3,(H,20,21). The molecule has 3 nitrogen and oxygen atoms in total. The van der Waals surface area contributed by atoms with E-state index in [1.165, 1.54) is 36.4 Å². The first-order chi connectivity index (χ1) is 10.0. The SMILES string of the molecule is CC(NCC(=O)Nc1ccc(F)cc1)c1cccc(F)c1. The van der Waals surface area contributed by atoms with Gasteiger partial charge in [-0.2, -0.15) is 0 Å². The maximum atomic E-state index is 13.1. The van der Waals surface area contributed by atoms with E-state index in [4.69, 9.17) is 0 Å². The van der Waals surface area contributed by atoms with Crippen molar-refractivity contribution in [2.24, 2.45) is 0 Å². The smallest absolute Gasteiger partial charge is 0.238 e. The number of carbonyl (C=O) groups is 1. The number of amides is 1. The molecule has 0 saturated carbocycles. The molecule has 2 rings (SSSR count). The minimum Gasteiger partial charge on any atom is -0.325 e. The lowest BCUT2D eigenvalue weighted by atomic mass is 10.1. The van der Waals surface area contributed by atoms with Crippen molar-refractivity contribution < 1.29 is 13.6 Å². The molecule has 0 aromatic heterocycles. The molecule has 0 bridgehead atoms. The summed E-state index contributed by atoms with van der Waals surface area (Å²) in [7, 11) is 0. The normalized spacial score (nSPS) is 12.0. The van der Waals surface area contributed by atoms with Crippen LogP contribution >= 0.6 is 0 Å². The Bertz CT molecular complexity index is 614. The number of carbonyl (C=O) groups excluding carboxylic acids is 1. The number of anilines is 1. The first-order valence-electron chi connectivity index (χ1n) is 6.59. The third kappa shape index (κ3) is 4.65. The monoisotopic (exact) mass is 290 g/mol. The summed E-state index contributed by atoms with van der Waals surface area (Å²) in [5.41, 5.74) is 1.30. The Morgan fingerprint density at radius 1 is 1.10 bits per heavy atom. The zero-order valence-corrected chi connectivity index (χ0v) is 11.6. The van der Waals surface area contributed by atoms with Gasteiger partial charge >= 0.3 is 0 Å². The fraction of sp³-hybridized carbons (Fsp3) is 0.188. The van der Waals surface area contributed by atoms with E-state index in [1.54, 1.807) is 12.1 Å². The first-order valence-corrected chi connectivity index (χ1v) is 6.59. The van der Waals surface area contributed by atoms with Crippen LogP contribution in [0, 0.1) is 11.6 Å². The summed E-state index contributed by atoms with van der Waals surface area (Å²) >= 11 is 0. The van der Waals surface area contributed by atoms with Crippen LogP contribution in [0.2, 0.25) is 0 Å². The van der Waals surface area contributed by atoms with Crippen molar-refractivity contribution in [2.45, 2.75) is 13.0 Å². The van der Waals surface area contributed by atoms with Crippen LogP contribution in [0.5, 0.6) is 0 Å². The third-order valence-electron chi connectivity index (χ3n) is 3.05. The van der Waals surface area contributed by atoms with Gasteiger partial charge in [0.05, 0.1) is 6.54 Å². The van der Waals surface area contributed by atoms with Gasteiger partial charge in [0.25, 0.3) is 0 Å².